The van der Waals surface area contributed by atoms with Crippen LogP contribution in [0, 0.1) is 5.82 Å². The van der Waals surface area contributed by atoms with Gasteiger partial charge in [-0.2, -0.15) is 0 Å². The molecule has 0 radical (unpaired) electrons. The third kappa shape index (κ3) is 3.62. The highest BCUT2D eigenvalue weighted by molar-refractivity contribution is 9.10. The van der Waals surface area contributed by atoms with Crippen LogP contribution in [0.5, 0.6) is 5.75 Å². The van der Waals surface area contributed by atoms with Gasteiger partial charge in [-0.3, -0.25) is 10.1 Å². The van der Waals surface area contributed by atoms with E-state index < -0.39 is 11.9 Å². The Labute approximate surface area is 145 Å². The summed E-state index contributed by atoms with van der Waals surface area (Å²) in [7, 11) is 0. The predicted molar refractivity (Wildman–Crippen MR) is 89.5 cm³/mol. The lowest BCUT2D eigenvalue weighted by Crippen LogP contribution is -2.22. The van der Waals surface area contributed by atoms with Gasteiger partial charge in [-0.15, -0.1) is 0 Å². The van der Waals surface area contributed by atoms with Gasteiger partial charge in [-0.25, -0.2) is 9.18 Å². The molecule has 1 aliphatic rings. The molecule has 3 rings (SSSR count). The fourth-order valence-corrected chi connectivity index (χ4v) is 2.65. The second kappa shape index (κ2) is 6.84. The largest absolute Gasteiger partial charge is 0.488 e. The SMILES string of the molecule is O=C1NC(=O)/C(=C\c2ccc(OCc3ccccc3F)c(Br)c2)N1. The van der Waals surface area contributed by atoms with Gasteiger partial charge < -0.3 is 10.1 Å². The molecule has 2 aromatic rings. The van der Waals surface area contributed by atoms with Crippen molar-refractivity contribution in [1.29, 1.82) is 0 Å². The Morgan fingerprint density at radius 2 is 1.92 bits per heavy atom. The fraction of sp³-hybridized carbons (Fsp3) is 0.0588. The molecule has 0 spiro atoms. The fourth-order valence-electron chi connectivity index (χ4n) is 2.14. The zero-order valence-electron chi connectivity index (χ0n) is 12.3. The standard InChI is InChI=1S/C17H12BrFN2O3/c18-12-7-10(8-14-16(22)21-17(23)20-14)5-6-15(12)24-9-11-3-1-2-4-13(11)19/h1-8H,9H2,(H2,20,21,22,23)/b14-8+. The number of carbonyl (C=O) groups excluding carboxylic acids is 2. The maximum atomic E-state index is 13.6. The summed E-state index contributed by atoms with van der Waals surface area (Å²) in [6.07, 6.45) is 1.55. The van der Waals surface area contributed by atoms with Gasteiger partial charge >= 0.3 is 6.03 Å². The van der Waals surface area contributed by atoms with E-state index in [2.05, 4.69) is 26.6 Å². The summed E-state index contributed by atoms with van der Waals surface area (Å²) in [4.78, 5) is 22.6. The van der Waals surface area contributed by atoms with E-state index in [1.807, 2.05) is 0 Å². The van der Waals surface area contributed by atoms with Gasteiger partial charge in [-0.1, -0.05) is 24.3 Å². The van der Waals surface area contributed by atoms with Gasteiger partial charge in [0.15, 0.2) is 0 Å². The molecular weight excluding hydrogens is 379 g/mol. The van der Waals surface area contributed by atoms with E-state index in [4.69, 9.17) is 4.74 Å². The van der Waals surface area contributed by atoms with Crippen LogP contribution in [0.15, 0.2) is 52.6 Å². The van der Waals surface area contributed by atoms with Crippen molar-refractivity contribution in [1.82, 2.24) is 10.6 Å². The number of imide groups is 1. The molecule has 0 aromatic heterocycles. The van der Waals surface area contributed by atoms with Gasteiger partial charge in [0.1, 0.15) is 23.9 Å². The Kier molecular flexibility index (Phi) is 4.61. The first kappa shape index (κ1) is 16.2. The lowest BCUT2D eigenvalue weighted by atomic mass is 10.2. The topological polar surface area (TPSA) is 67.4 Å². The maximum absolute atomic E-state index is 13.6. The lowest BCUT2D eigenvalue weighted by molar-refractivity contribution is -0.115. The van der Waals surface area contributed by atoms with E-state index in [0.717, 1.165) is 0 Å². The molecule has 2 N–H and O–H groups in total. The molecule has 1 heterocycles. The van der Waals surface area contributed by atoms with Crippen molar-refractivity contribution < 1.29 is 18.7 Å². The van der Waals surface area contributed by atoms with Crippen LogP contribution in [0.25, 0.3) is 6.08 Å². The molecule has 122 valence electrons. The van der Waals surface area contributed by atoms with Gasteiger partial charge in [0.2, 0.25) is 0 Å². The first-order valence-electron chi connectivity index (χ1n) is 7.03. The van der Waals surface area contributed by atoms with Crippen molar-refractivity contribution in [3.63, 3.8) is 0 Å². The Morgan fingerprint density at radius 3 is 2.58 bits per heavy atom. The van der Waals surface area contributed by atoms with Crippen LogP contribution in [0.4, 0.5) is 9.18 Å². The number of carbonyl (C=O) groups is 2. The van der Waals surface area contributed by atoms with Crippen LogP contribution in [0.1, 0.15) is 11.1 Å². The minimum Gasteiger partial charge on any atom is -0.488 e. The van der Waals surface area contributed by atoms with Crippen LogP contribution in [-0.2, 0) is 11.4 Å². The van der Waals surface area contributed by atoms with Crippen molar-refractivity contribution in [2.45, 2.75) is 6.61 Å². The van der Waals surface area contributed by atoms with E-state index in [0.29, 0.717) is 21.3 Å². The van der Waals surface area contributed by atoms with Crippen LogP contribution >= 0.6 is 15.9 Å². The second-order valence-electron chi connectivity index (χ2n) is 5.04. The number of rotatable bonds is 4. The Hall–Kier alpha value is -2.67. The van der Waals surface area contributed by atoms with Crippen molar-refractivity contribution in [2.75, 3.05) is 0 Å². The van der Waals surface area contributed by atoms with E-state index >= 15 is 0 Å². The number of ether oxygens (including phenoxy) is 1. The monoisotopic (exact) mass is 390 g/mol. The number of benzene rings is 2. The van der Waals surface area contributed by atoms with Crippen LogP contribution in [0.2, 0.25) is 0 Å². The number of nitrogens with one attached hydrogen (secondary N) is 2. The Morgan fingerprint density at radius 1 is 1.12 bits per heavy atom. The van der Waals surface area contributed by atoms with E-state index in [9.17, 15) is 14.0 Å². The Bertz CT molecular complexity index is 851. The molecule has 0 unspecified atom stereocenters. The molecule has 1 saturated heterocycles. The molecule has 0 bridgehead atoms. The normalized spacial score (nSPS) is 15.3. The zero-order chi connectivity index (χ0) is 17.1. The third-order valence-electron chi connectivity index (χ3n) is 3.33. The number of hydrogen-bond acceptors (Lipinski definition) is 3. The van der Waals surface area contributed by atoms with Crippen LogP contribution in [0.3, 0.4) is 0 Å². The van der Waals surface area contributed by atoms with Crippen LogP contribution < -0.4 is 15.4 Å². The van der Waals surface area contributed by atoms with Gasteiger partial charge in [-0.05, 0) is 45.8 Å². The lowest BCUT2D eigenvalue weighted by Gasteiger charge is -2.09. The first-order valence-corrected chi connectivity index (χ1v) is 7.82. The summed E-state index contributed by atoms with van der Waals surface area (Å²) < 4.78 is 19.8. The van der Waals surface area contributed by atoms with Crippen molar-refractivity contribution in [3.05, 3.63) is 69.6 Å². The molecule has 24 heavy (non-hydrogen) atoms. The summed E-state index contributed by atoms with van der Waals surface area (Å²) in [5, 5.41) is 4.54. The minimum absolute atomic E-state index is 0.101. The molecule has 2 aromatic carbocycles. The molecule has 7 heteroatoms. The van der Waals surface area contributed by atoms with Crippen molar-refractivity contribution >= 4 is 33.9 Å². The molecule has 0 atom stereocenters. The molecule has 0 aliphatic carbocycles. The highest BCUT2D eigenvalue weighted by atomic mass is 79.9. The van der Waals surface area contributed by atoms with Crippen molar-refractivity contribution in [3.8, 4) is 5.75 Å². The van der Waals surface area contributed by atoms with Gasteiger partial charge in [0, 0.05) is 5.56 Å². The molecule has 5 nitrogen and oxygen atoms in total. The maximum Gasteiger partial charge on any atom is 0.326 e. The highest BCUT2D eigenvalue weighted by Gasteiger charge is 2.22. The average Bonchev–Trinajstić information content (AvgIpc) is 2.85. The number of halogens is 2. The molecule has 1 fully saturated rings. The second-order valence-corrected chi connectivity index (χ2v) is 5.89. The number of amides is 3. The number of hydrogen-bond donors (Lipinski definition) is 2. The molecule has 3 amide bonds. The summed E-state index contributed by atoms with van der Waals surface area (Å²) >= 11 is 3.38. The molecule has 0 saturated carbocycles. The van der Waals surface area contributed by atoms with E-state index in [-0.39, 0.29) is 18.1 Å². The summed E-state index contributed by atoms with van der Waals surface area (Å²) in [5.74, 6) is -0.255. The average molecular weight is 391 g/mol. The summed E-state index contributed by atoms with van der Waals surface area (Å²) in [5.41, 5.74) is 1.33. The van der Waals surface area contributed by atoms with E-state index in [1.165, 1.54) is 6.07 Å². The highest BCUT2D eigenvalue weighted by Crippen LogP contribution is 2.28. The van der Waals surface area contributed by atoms with E-state index in [1.54, 1.807) is 42.5 Å². The zero-order valence-corrected chi connectivity index (χ0v) is 13.9. The summed E-state index contributed by atoms with van der Waals surface area (Å²) in [6, 6.07) is 11.0. The minimum atomic E-state index is -0.546. The van der Waals surface area contributed by atoms with Gasteiger partial charge in [0.25, 0.3) is 5.91 Å². The number of urea groups is 1. The molecule has 1 aliphatic heterocycles. The quantitative estimate of drug-likeness (QED) is 0.621. The van der Waals surface area contributed by atoms with Crippen molar-refractivity contribution in [2.24, 2.45) is 0 Å². The molecular formula is C17H12BrFN2O3. The smallest absolute Gasteiger partial charge is 0.326 e. The third-order valence-corrected chi connectivity index (χ3v) is 3.95. The first-order chi connectivity index (χ1) is 11.5. The predicted octanol–water partition coefficient (Wildman–Crippen LogP) is 3.35. The van der Waals surface area contributed by atoms with Gasteiger partial charge in [0.05, 0.1) is 4.47 Å². The Balaban J connectivity index is 1.73. The summed E-state index contributed by atoms with van der Waals surface area (Å²) in [6.45, 7) is 0.101. The van der Waals surface area contributed by atoms with Crippen LogP contribution in [-0.4, -0.2) is 11.9 Å².